The van der Waals surface area contributed by atoms with Gasteiger partial charge in [-0.1, -0.05) is 6.07 Å². The SMILES string of the molecule is O=C(O)COc1cccc(NS(=O)(=O)C(F)(F)F)c1. The summed E-state index contributed by atoms with van der Waals surface area (Å²) in [6, 6.07) is 4.49. The van der Waals surface area contributed by atoms with Crippen LogP contribution in [-0.4, -0.2) is 31.6 Å². The number of carbonyl (C=O) groups is 1. The molecule has 10 heteroatoms. The number of carboxylic acid groups (broad SMARTS) is 1. The number of ether oxygens (including phenoxy) is 1. The van der Waals surface area contributed by atoms with Crippen LogP contribution in [0.1, 0.15) is 0 Å². The van der Waals surface area contributed by atoms with Gasteiger partial charge in [-0.2, -0.15) is 21.6 Å². The minimum atomic E-state index is -5.52. The monoisotopic (exact) mass is 299 g/mol. The zero-order valence-electron chi connectivity index (χ0n) is 9.14. The number of sulfonamides is 1. The molecule has 0 aliphatic carbocycles. The number of aliphatic carboxylic acids is 1. The van der Waals surface area contributed by atoms with Gasteiger partial charge in [-0.25, -0.2) is 4.79 Å². The molecule has 0 aromatic heterocycles. The third kappa shape index (κ3) is 4.32. The summed E-state index contributed by atoms with van der Waals surface area (Å²) in [4.78, 5) is 10.2. The van der Waals surface area contributed by atoms with Crippen molar-refractivity contribution in [2.24, 2.45) is 0 Å². The van der Waals surface area contributed by atoms with Crippen LogP contribution >= 0.6 is 0 Å². The summed E-state index contributed by atoms with van der Waals surface area (Å²) in [5.74, 6) is -1.36. The lowest BCUT2D eigenvalue weighted by molar-refractivity contribution is -0.139. The molecule has 0 spiro atoms. The zero-order chi connectivity index (χ0) is 14.7. The highest BCUT2D eigenvalue weighted by molar-refractivity contribution is 7.93. The Hall–Kier alpha value is -1.97. The van der Waals surface area contributed by atoms with Gasteiger partial charge in [0.15, 0.2) is 6.61 Å². The van der Waals surface area contributed by atoms with Gasteiger partial charge in [0, 0.05) is 6.07 Å². The van der Waals surface area contributed by atoms with Gasteiger partial charge < -0.3 is 9.84 Å². The zero-order valence-corrected chi connectivity index (χ0v) is 9.96. The number of alkyl halides is 3. The molecule has 0 aliphatic heterocycles. The first-order valence-electron chi connectivity index (χ1n) is 4.65. The summed E-state index contributed by atoms with van der Waals surface area (Å²) in [7, 11) is -5.52. The predicted octanol–water partition coefficient (Wildman–Crippen LogP) is 1.41. The molecule has 0 aliphatic rings. The lowest BCUT2D eigenvalue weighted by Crippen LogP contribution is -2.29. The molecule has 2 N–H and O–H groups in total. The highest BCUT2D eigenvalue weighted by atomic mass is 32.2. The Morgan fingerprint density at radius 1 is 1.37 bits per heavy atom. The van der Waals surface area contributed by atoms with Gasteiger partial charge >= 0.3 is 21.5 Å². The Morgan fingerprint density at radius 2 is 2.00 bits per heavy atom. The van der Waals surface area contributed by atoms with E-state index in [-0.39, 0.29) is 11.4 Å². The molecule has 0 atom stereocenters. The predicted molar refractivity (Wildman–Crippen MR) is 58.2 cm³/mol. The quantitative estimate of drug-likeness (QED) is 0.857. The molecule has 1 aromatic rings. The van der Waals surface area contributed by atoms with E-state index in [4.69, 9.17) is 9.84 Å². The molecule has 0 bridgehead atoms. The summed E-state index contributed by atoms with van der Waals surface area (Å²) in [6.07, 6.45) is 0. The highest BCUT2D eigenvalue weighted by Crippen LogP contribution is 2.26. The summed E-state index contributed by atoms with van der Waals surface area (Å²) in [5, 5.41) is 8.35. The molecule has 1 rings (SSSR count). The second-order valence-electron chi connectivity index (χ2n) is 3.26. The molecule has 106 valence electrons. The molecule has 1 aromatic carbocycles. The third-order valence-corrected chi connectivity index (χ3v) is 2.87. The second-order valence-corrected chi connectivity index (χ2v) is 4.94. The maximum atomic E-state index is 12.1. The number of hydrogen-bond donors (Lipinski definition) is 2. The first-order chi connectivity index (χ1) is 8.62. The van der Waals surface area contributed by atoms with Gasteiger partial charge in [0.2, 0.25) is 0 Å². The van der Waals surface area contributed by atoms with E-state index in [2.05, 4.69) is 0 Å². The van der Waals surface area contributed by atoms with Crippen molar-refractivity contribution in [1.82, 2.24) is 0 Å². The lowest BCUT2D eigenvalue weighted by Gasteiger charge is -2.11. The Kier molecular flexibility index (Phi) is 4.24. The van der Waals surface area contributed by atoms with Crippen molar-refractivity contribution >= 4 is 21.7 Å². The smallest absolute Gasteiger partial charge is 0.482 e. The Morgan fingerprint density at radius 3 is 2.53 bits per heavy atom. The molecule has 6 nitrogen and oxygen atoms in total. The van der Waals surface area contributed by atoms with E-state index in [1.807, 2.05) is 0 Å². The standard InChI is InChI=1S/C9H8F3NO5S/c10-9(11,12)19(16,17)13-6-2-1-3-7(4-6)18-5-8(14)15/h1-4,13H,5H2,(H,14,15). The summed E-state index contributed by atoms with van der Waals surface area (Å²) in [6.45, 7) is -0.699. The fourth-order valence-corrected chi connectivity index (χ4v) is 1.56. The lowest BCUT2D eigenvalue weighted by atomic mass is 10.3. The van der Waals surface area contributed by atoms with Gasteiger partial charge in [0.1, 0.15) is 5.75 Å². The van der Waals surface area contributed by atoms with E-state index < -0.39 is 28.1 Å². The minimum Gasteiger partial charge on any atom is -0.482 e. The molecular weight excluding hydrogens is 291 g/mol. The second kappa shape index (κ2) is 5.34. The molecule has 0 unspecified atom stereocenters. The van der Waals surface area contributed by atoms with E-state index in [1.54, 1.807) is 0 Å². The van der Waals surface area contributed by atoms with Crippen molar-refractivity contribution in [2.75, 3.05) is 11.3 Å². The number of rotatable bonds is 5. The van der Waals surface area contributed by atoms with Crippen LogP contribution in [0.25, 0.3) is 0 Å². The number of hydrogen-bond acceptors (Lipinski definition) is 4. The van der Waals surface area contributed by atoms with Gasteiger partial charge in [-0.3, -0.25) is 4.72 Å². The van der Waals surface area contributed by atoms with E-state index in [0.29, 0.717) is 0 Å². The van der Waals surface area contributed by atoms with Crippen molar-refractivity contribution in [1.29, 1.82) is 0 Å². The van der Waals surface area contributed by atoms with Crippen molar-refractivity contribution in [3.8, 4) is 5.75 Å². The first kappa shape index (κ1) is 15.1. The van der Waals surface area contributed by atoms with E-state index in [1.165, 1.54) is 16.9 Å². The summed E-state index contributed by atoms with van der Waals surface area (Å²) in [5.41, 5.74) is -5.83. The van der Waals surface area contributed by atoms with Gasteiger partial charge in [-0.05, 0) is 12.1 Å². The maximum absolute atomic E-state index is 12.1. The molecule has 0 fully saturated rings. The van der Waals surface area contributed by atoms with Crippen LogP contribution in [0.2, 0.25) is 0 Å². The highest BCUT2D eigenvalue weighted by Gasteiger charge is 2.46. The fraction of sp³-hybridized carbons (Fsp3) is 0.222. The first-order valence-corrected chi connectivity index (χ1v) is 6.14. The van der Waals surface area contributed by atoms with Crippen LogP contribution in [0.3, 0.4) is 0 Å². The minimum absolute atomic E-state index is 0.0789. The molecule has 0 saturated heterocycles. The Bertz CT molecular complexity index is 569. The van der Waals surface area contributed by atoms with Gasteiger partial charge in [0.25, 0.3) is 0 Å². The van der Waals surface area contributed by atoms with E-state index >= 15 is 0 Å². The van der Waals surface area contributed by atoms with Crippen LogP contribution in [0, 0.1) is 0 Å². The third-order valence-electron chi connectivity index (χ3n) is 1.75. The van der Waals surface area contributed by atoms with Crippen LogP contribution < -0.4 is 9.46 Å². The largest absolute Gasteiger partial charge is 0.516 e. The van der Waals surface area contributed by atoms with Crippen molar-refractivity contribution < 1.29 is 36.2 Å². The molecule has 0 saturated carbocycles. The Balaban J connectivity index is 2.86. The van der Waals surface area contributed by atoms with E-state index in [9.17, 15) is 26.4 Å². The maximum Gasteiger partial charge on any atom is 0.516 e. The number of carboxylic acids is 1. The summed E-state index contributed by atoms with van der Waals surface area (Å²) >= 11 is 0. The van der Waals surface area contributed by atoms with Crippen LogP contribution in [0.15, 0.2) is 24.3 Å². The fourth-order valence-electron chi connectivity index (χ4n) is 1.01. The molecule has 0 heterocycles. The number of halogens is 3. The number of benzene rings is 1. The average molecular weight is 299 g/mol. The normalized spacial score (nSPS) is 11.9. The average Bonchev–Trinajstić information content (AvgIpc) is 2.24. The summed E-state index contributed by atoms with van der Waals surface area (Å²) < 4.78 is 64.0. The molecular formula is C9H8F3NO5S. The topological polar surface area (TPSA) is 92.7 Å². The van der Waals surface area contributed by atoms with Gasteiger partial charge in [-0.15, -0.1) is 0 Å². The molecule has 0 radical (unpaired) electrons. The number of nitrogens with one attached hydrogen (secondary N) is 1. The van der Waals surface area contributed by atoms with Crippen molar-refractivity contribution in [3.63, 3.8) is 0 Å². The van der Waals surface area contributed by atoms with Gasteiger partial charge in [0.05, 0.1) is 5.69 Å². The van der Waals surface area contributed by atoms with Crippen LogP contribution in [0.4, 0.5) is 18.9 Å². The van der Waals surface area contributed by atoms with Crippen molar-refractivity contribution in [2.45, 2.75) is 5.51 Å². The number of anilines is 1. The van der Waals surface area contributed by atoms with Crippen LogP contribution in [-0.2, 0) is 14.8 Å². The van der Waals surface area contributed by atoms with E-state index in [0.717, 1.165) is 12.1 Å². The van der Waals surface area contributed by atoms with Crippen LogP contribution in [0.5, 0.6) is 5.75 Å². The Labute approximate surface area is 105 Å². The molecule has 0 amide bonds. The van der Waals surface area contributed by atoms with Crippen molar-refractivity contribution in [3.05, 3.63) is 24.3 Å². The molecule has 19 heavy (non-hydrogen) atoms.